The lowest BCUT2D eigenvalue weighted by molar-refractivity contribution is -0.143. The van der Waals surface area contributed by atoms with Crippen LogP contribution < -0.4 is 0 Å². The van der Waals surface area contributed by atoms with Gasteiger partial charge in [0.15, 0.2) is 6.29 Å². The maximum Gasteiger partial charge on any atom is 0.305 e. The Hall–Kier alpha value is -1.58. The third-order valence-corrected chi connectivity index (χ3v) is 4.11. The number of ether oxygens (including phenoxy) is 1. The van der Waals surface area contributed by atoms with Gasteiger partial charge in [0.1, 0.15) is 0 Å². The van der Waals surface area contributed by atoms with Gasteiger partial charge in [0.05, 0.1) is 12.3 Å². The van der Waals surface area contributed by atoms with Crippen molar-refractivity contribution in [3.8, 4) is 0 Å². The van der Waals surface area contributed by atoms with E-state index in [-0.39, 0.29) is 5.97 Å². The normalized spacial score (nSPS) is 10.7. The summed E-state index contributed by atoms with van der Waals surface area (Å²) in [5.41, 5.74) is 4.23. The lowest BCUT2D eigenvalue weighted by Gasteiger charge is -2.04. The molecule has 0 aliphatic rings. The molecule has 0 amide bonds. The Morgan fingerprint density at radius 3 is 2.32 bits per heavy atom. The number of esters is 1. The predicted molar refractivity (Wildman–Crippen MR) is 88.3 cm³/mol. The maximum atomic E-state index is 11.2. The van der Waals surface area contributed by atoms with Gasteiger partial charge < -0.3 is 9.72 Å². The molecule has 1 N–H and O–H groups in total. The number of aromatic nitrogens is 1. The summed E-state index contributed by atoms with van der Waals surface area (Å²) < 4.78 is 4.90. The molecule has 4 heteroatoms. The van der Waals surface area contributed by atoms with Crippen LogP contribution in [-0.2, 0) is 16.0 Å². The van der Waals surface area contributed by atoms with Crippen LogP contribution in [0.2, 0.25) is 0 Å². The Bertz CT molecular complexity index is 477. The first-order valence-corrected chi connectivity index (χ1v) is 8.39. The van der Waals surface area contributed by atoms with Gasteiger partial charge in [-0.05, 0) is 51.2 Å². The van der Waals surface area contributed by atoms with Gasteiger partial charge in [-0.25, -0.2) is 0 Å². The summed E-state index contributed by atoms with van der Waals surface area (Å²) in [4.78, 5) is 25.2. The van der Waals surface area contributed by atoms with Crippen molar-refractivity contribution in [3.05, 3.63) is 22.5 Å². The molecule has 0 unspecified atom stereocenters. The summed E-state index contributed by atoms with van der Waals surface area (Å²) in [6.45, 7) is 6.36. The van der Waals surface area contributed by atoms with E-state index < -0.39 is 0 Å². The third kappa shape index (κ3) is 6.04. The van der Waals surface area contributed by atoms with Gasteiger partial charge in [-0.2, -0.15) is 0 Å². The molecule has 1 aromatic rings. The van der Waals surface area contributed by atoms with Crippen LogP contribution >= 0.6 is 0 Å². The highest BCUT2D eigenvalue weighted by molar-refractivity contribution is 5.75. The highest BCUT2D eigenvalue weighted by Gasteiger charge is 2.10. The van der Waals surface area contributed by atoms with Gasteiger partial charge in [0.25, 0.3) is 0 Å². The Morgan fingerprint density at radius 1 is 1.09 bits per heavy atom. The van der Waals surface area contributed by atoms with E-state index in [9.17, 15) is 9.59 Å². The second kappa shape index (κ2) is 10.2. The second-order valence-corrected chi connectivity index (χ2v) is 5.81. The minimum absolute atomic E-state index is 0.0770. The van der Waals surface area contributed by atoms with Gasteiger partial charge >= 0.3 is 5.97 Å². The number of carbonyl (C=O) groups is 2. The van der Waals surface area contributed by atoms with Crippen molar-refractivity contribution < 1.29 is 14.3 Å². The summed E-state index contributed by atoms with van der Waals surface area (Å²) in [5.74, 6) is -0.0770. The molecule has 0 spiro atoms. The number of unbranched alkanes of at least 4 members (excludes halogenated alkanes) is 5. The highest BCUT2D eigenvalue weighted by atomic mass is 16.5. The van der Waals surface area contributed by atoms with Crippen LogP contribution in [0.15, 0.2) is 0 Å². The fraction of sp³-hybridized carbons (Fsp3) is 0.667. The van der Waals surface area contributed by atoms with Crippen molar-refractivity contribution in [1.29, 1.82) is 0 Å². The summed E-state index contributed by atoms with van der Waals surface area (Å²) in [6.07, 6.45) is 9.21. The summed E-state index contributed by atoms with van der Waals surface area (Å²) >= 11 is 0. The van der Waals surface area contributed by atoms with E-state index in [2.05, 4.69) is 4.98 Å². The zero-order valence-electron chi connectivity index (χ0n) is 14.2. The average molecular weight is 307 g/mol. The van der Waals surface area contributed by atoms with E-state index in [1.165, 1.54) is 24.8 Å². The molecule has 0 atom stereocenters. The van der Waals surface area contributed by atoms with E-state index in [0.717, 1.165) is 43.2 Å². The predicted octanol–water partition coefficient (Wildman–Crippen LogP) is 4.28. The summed E-state index contributed by atoms with van der Waals surface area (Å²) in [7, 11) is 0. The minimum Gasteiger partial charge on any atom is -0.466 e. The van der Waals surface area contributed by atoms with E-state index >= 15 is 0 Å². The molecule has 0 fully saturated rings. The third-order valence-electron chi connectivity index (χ3n) is 4.11. The van der Waals surface area contributed by atoms with Crippen LogP contribution in [0.3, 0.4) is 0 Å². The SMILES string of the molecule is CCOC(=O)CCCCCCCCc1c(C)[nH]c(C=O)c1C. The van der Waals surface area contributed by atoms with Crippen LogP contribution in [0.1, 0.15) is 79.2 Å². The summed E-state index contributed by atoms with van der Waals surface area (Å²) in [6, 6.07) is 0. The Morgan fingerprint density at radius 2 is 1.73 bits per heavy atom. The van der Waals surface area contributed by atoms with Gasteiger partial charge in [-0.15, -0.1) is 0 Å². The van der Waals surface area contributed by atoms with E-state index in [1.54, 1.807) is 0 Å². The van der Waals surface area contributed by atoms with E-state index in [0.29, 0.717) is 18.7 Å². The number of aryl methyl sites for hydroxylation is 1. The van der Waals surface area contributed by atoms with Crippen LogP contribution in [-0.4, -0.2) is 23.8 Å². The van der Waals surface area contributed by atoms with Crippen molar-refractivity contribution in [2.24, 2.45) is 0 Å². The largest absolute Gasteiger partial charge is 0.466 e. The lowest BCUT2D eigenvalue weighted by atomic mass is 10.0. The molecule has 0 aliphatic heterocycles. The minimum atomic E-state index is -0.0770. The first-order valence-electron chi connectivity index (χ1n) is 8.39. The van der Waals surface area contributed by atoms with Gasteiger partial charge in [0.2, 0.25) is 0 Å². The van der Waals surface area contributed by atoms with Crippen LogP contribution in [0.25, 0.3) is 0 Å². The lowest BCUT2D eigenvalue weighted by Crippen LogP contribution is -2.03. The molecule has 1 heterocycles. The number of hydrogen-bond acceptors (Lipinski definition) is 3. The fourth-order valence-electron chi connectivity index (χ4n) is 2.82. The first kappa shape index (κ1) is 18.5. The van der Waals surface area contributed by atoms with Gasteiger partial charge in [-0.3, -0.25) is 9.59 Å². The molecule has 1 rings (SSSR count). The molecule has 124 valence electrons. The first-order chi connectivity index (χ1) is 10.6. The molecular weight excluding hydrogens is 278 g/mol. The molecule has 0 bridgehead atoms. The Labute approximate surface area is 133 Å². The van der Waals surface area contributed by atoms with Crippen LogP contribution in [0, 0.1) is 13.8 Å². The maximum absolute atomic E-state index is 11.2. The van der Waals surface area contributed by atoms with Crippen LogP contribution in [0.5, 0.6) is 0 Å². The van der Waals surface area contributed by atoms with Crippen molar-refractivity contribution in [2.75, 3.05) is 6.61 Å². The topological polar surface area (TPSA) is 59.2 Å². The number of H-pyrrole nitrogens is 1. The Kier molecular flexibility index (Phi) is 8.56. The second-order valence-electron chi connectivity index (χ2n) is 5.81. The number of nitrogens with one attached hydrogen (secondary N) is 1. The van der Waals surface area contributed by atoms with Gasteiger partial charge in [-0.1, -0.05) is 25.7 Å². The van der Waals surface area contributed by atoms with E-state index in [4.69, 9.17) is 4.74 Å². The number of rotatable bonds is 11. The zero-order chi connectivity index (χ0) is 16.4. The quantitative estimate of drug-likeness (QED) is 0.377. The molecule has 4 nitrogen and oxygen atoms in total. The average Bonchev–Trinajstić information content (AvgIpc) is 2.77. The highest BCUT2D eigenvalue weighted by Crippen LogP contribution is 2.19. The van der Waals surface area contributed by atoms with Crippen LogP contribution in [0.4, 0.5) is 0 Å². The van der Waals surface area contributed by atoms with Gasteiger partial charge in [0, 0.05) is 12.1 Å². The molecular formula is C18H29NO3. The molecule has 0 aromatic carbocycles. The molecule has 0 aliphatic carbocycles. The smallest absolute Gasteiger partial charge is 0.305 e. The standard InChI is InChI=1S/C18H29NO3/c1-4-22-18(21)12-10-8-6-5-7-9-11-16-14(2)17(13-20)19-15(16)3/h13,19H,4-12H2,1-3H3. The molecule has 22 heavy (non-hydrogen) atoms. The molecule has 0 saturated heterocycles. The molecule has 0 radical (unpaired) electrons. The van der Waals surface area contributed by atoms with Crippen molar-refractivity contribution in [1.82, 2.24) is 4.98 Å². The fourth-order valence-corrected chi connectivity index (χ4v) is 2.82. The number of carbonyl (C=O) groups excluding carboxylic acids is 2. The molecule has 0 saturated carbocycles. The Balaban J connectivity index is 2.10. The zero-order valence-corrected chi connectivity index (χ0v) is 14.2. The molecule has 1 aromatic heterocycles. The number of aldehydes is 1. The number of hydrogen-bond donors (Lipinski definition) is 1. The van der Waals surface area contributed by atoms with E-state index in [1.807, 2.05) is 20.8 Å². The van der Waals surface area contributed by atoms with Crippen molar-refractivity contribution >= 4 is 12.3 Å². The number of aromatic amines is 1. The monoisotopic (exact) mass is 307 g/mol. The van der Waals surface area contributed by atoms with Crippen molar-refractivity contribution in [2.45, 2.75) is 72.1 Å². The van der Waals surface area contributed by atoms with Crippen molar-refractivity contribution in [3.63, 3.8) is 0 Å². The summed E-state index contributed by atoms with van der Waals surface area (Å²) in [5, 5.41) is 0.